The molecular weight excluding hydrogens is 509 g/mol. The zero-order valence-corrected chi connectivity index (χ0v) is 15.5. The van der Waals surface area contributed by atoms with Crippen molar-refractivity contribution in [1.82, 2.24) is 0 Å². The summed E-state index contributed by atoms with van der Waals surface area (Å²) in [4.78, 5) is 20.1. The fourth-order valence-electron chi connectivity index (χ4n) is 1.50. The van der Waals surface area contributed by atoms with E-state index in [0.29, 0.717) is 0 Å². The van der Waals surface area contributed by atoms with Gasteiger partial charge in [-0.25, -0.2) is 4.79 Å². The van der Waals surface area contributed by atoms with Crippen LogP contribution in [0, 0.1) is 0 Å². The maximum Gasteiger partial charge on any atom is 0.488 e. The van der Waals surface area contributed by atoms with Gasteiger partial charge in [0.15, 0.2) is 19.0 Å². The number of carboxylic acid groups (broad SMARTS) is 1. The van der Waals surface area contributed by atoms with Crippen LogP contribution in [0.2, 0.25) is 0 Å². The number of carbonyl (C=O) groups is 2. The summed E-state index contributed by atoms with van der Waals surface area (Å²) in [7, 11) is 0. The van der Waals surface area contributed by atoms with E-state index in [0.717, 1.165) is 0 Å². The quantitative estimate of drug-likeness (QED) is 0.150. The molecule has 0 heterocycles. The Kier molecular flexibility index (Phi) is 11.7. The highest BCUT2D eigenvalue weighted by molar-refractivity contribution is 5.68. The van der Waals surface area contributed by atoms with Gasteiger partial charge in [0.1, 0.15) is 6.61 Å². The first-order valence-corrected chi connectivity index (χ1v) is 7.81. The smallest absolute Gasteiger partial charge is 0.480 e. The van der Waals surface area contributed by atoms with Crippen LogP contribution in [0.4, 0.5) is 48.3 Å². The Bertz CT molecular complexity index is 606. The van der Waals surface area contributed by atoms with Crippen LogP contribution in [0.25, 0.3) is 0 Å². The van der Waals surface area contributed by atoms with Gasteiger partial charge in [-0.05, 0) is 0 Å². The molecule has 3 atom stereocenters. The van der Waals surface area contributed by atoms with Crippen LogP contribution >= 0.6 is 0 Å². The molecule has 0 aliphatic heterocycles. The average Bonchev–Trinajstić information content (AvgIpc) is 2.59. The third kappa shape index (κ3) is 13.3. The van der Waals surface area contributed by atoms with E-state index in [1.807, 2.05) is 0 Å². The van der Waals surface area contributed by atoms with Crippen molar-refractivity contribution in [1.29, 1.82) is 0 Å². The second-order valence-electron chi connectivity index (χ2n) is 5.41. The van der Waals surface area contributed by atoms with Crippen molar-refractivity contribution in [2.75, 3.05) is 26.6 Å². The van der Waals surface area contributed by atoms with Crippen molar-refractivity contribution < 1.29 is 91.4 Å². The summed E-state index contributed by atoms with van der Waals surface area (Å²) in [6.45, 7) is -7.86. The summed E-state index contributed by atoms with van der Waals surface area (Å²) in [5.41, 5.74) is 0. The molecule has 0 radical (unpaired) electrons. The number of alkyl halides is 11. The van der Waals surface area contributed by atoms with Gasteiger partial charge in [-0.2, -0.15) is 39.5 Å². The van der Waals surface area contributed by atoms with Gasteiger partial charge in [0.2, 0.25) is 0 Å². The fraction of sp³-hybridized carbons (Fsp3) is 0.846. The van der Waals surface area contributed by atoms with Gasteiger partial charge in [0.05, 0.1) is 13.2 Å². The van der Waals surface area contributed by atoms with Crippen LogP contribution in [0.15, 0.2) is 0 Å². The zero-order valence-electron chi connectivity index (χ0n) is 15.5. The van der Waals surface area contributed by atoms with Gasteiger partial charge in [-0.3, -0.25) is 14.3 Å². The number of hydrogen-bond donors (Lipinski definition) is 1. The van der Waals surface area contributed by atoms with E-state index in [1.165, 1.54) is 0 Å². The SMILES string of the molecule is O=COCOC(COC(OC(F)(F)OCC(OCC(=O)O)C(F)(F)F)C(F)(F)F)C(F)(F)F. The molecule has 0 bridgehead atoms. The molecule has 1 N–H and O–H groups in total. The van der Waals surface area contributed by atoms with E-state index in [1.54, 1.807) is 0 Å². The van der Waals surface area contributed by atoms with Gasteiger partial charge in [-0.15, -0.1) is 8.78 Å². The maximum atomic E-state index is 13.5. The van der Waals surface area contributed by atoms with E-state index in [9.17, 15) is 57.9 Å². The number of rotatable bonds is 15. The summed E-state index contributed by atoms with van der Waals surface area (Å²) >= 11 is 0. The maximum absolute atomic E-state index is 13.5. The van der Waals surface area contributed by atoms with Crippen LogP contribution in [0.1, 0.15) is 0 Å². The Morgan fingerprint density at radius 1 is 0.788 bits per heavy atom. The van der Waals surface area contributed by atoms with Crippen LogP contribution < -0.4 is 0 Å². The topological polar surface area (TPSA) is 110 Å². The van der Waals surface area contributed by atoms with Gasteiger partial charge >= 0.3 is 30.8 Å². The first-order valence-electron chi connectivity index (χ1n) is 7.81. The Morgan fingerprint density at radius 3 is 1.73 bits per heavy atom. The second-order valence-corrected chi connectivity index (χ2v) is 5.41. The highest BCUT2D eigenvalue weighted by atomic mass is 19.4. The third-order valence-electron chi connectivity index (χ3n) is 2.86. The van der Waals surface area contributed by atoms with Gasteiger partial charge in [0.25, 0.3) is 12.8 Å². The Morgan fingerprint density at radius 2 is 1.30 bits per heavy atom. The summed E-state index contributed by atoms with van der Waals surface area (Å²) < 4.78 is 162. The second kappa shape index (κ2) is 12.4. The van der Waals surface area contributed by atoms with Crippen molar-refractivity contribution in [3.05, 3.63) is 0 Å². The van der Waals surface area contributed by atoms with Gasteiger partial charge in [-0.1, -0.05) is 0 Å². The standard InChI is InChI=1S/C13H13F11O9/c14-10(15,16)6(31-5-28-4-25)1-30-9(12(20,21)22)33-13(23,24)32-2-7(11(17,18)19)29-3-8(26)27/h4,6-7,9H,1-3,5H2,(H,26,27). The minimum absolute atomic E-state index is 0.387. The lowest BCUT2D eigenvalue weighted by Gasteiger charge is -2.28. The van der Waals surface area contributed by atoms with Crippen molar-refractivity contribution in [3.63, 3.8) is 0 Å². The van der Waals surface area contributed by atoms with Gasteiger partial charge in [0, 0.05) is 0 Å². The molecule has 0 saturated heterocycles. The molecule has 0 aromatic heterocycles. The van der Waals surface area contributed by atoms with Crippen molar-refractivity contribution in [2.45, 2.75) is 43.3 Å². The first kappa shape index (κ1) is 31.0. The van der Waals surface area contributed by atoms with Crippen LogP contribution in [0.5, 0.6) is 0 Å². The molecule has 0 amide bonds. The predicted molar refractivity (Wildman–Crippen MR) is 74.2 cm³/mol. The third-order valence-corrected chi connectivity index (χ3v) is 2.86. The molecule has 33 heavy (non-hydrogen) atoms. The highest BCUT2D eigenvalue weighted by Gasteiger charge is 2.52. The molecule has 0 aliphatic carbocycles. The van der Waals surface area contributed by atoms with E-state index in [-0.39, 0.29) is 6.47 Å². The van der Waals surface area contributed by atoms with Crippen molar-refractivity contribution in [2.24, 2.45) is 0 Å². The summed E-state index contributed by atoms with van der Waals surface area (Å²) in [6.07, 6.45) is -33.2. The summed E-state index contributed by atoms with van der Waals surface area (Å²) in [5.74, 6) is -1.96. The molecule has 0 aromatic rings. The molecular formula is C13H13F11O9. The Hall–Kier alpha value is -2.03. The number of aliphatic carboxylic acids is 1. The lowest BCUT2D eigenvalue weighted by Crippen LogP contribution is -2.46. The molecule has 0 saturated carbocycles. The molecule has 20 heteroatoms. The molecule has 0 rings (SSSR count). The molecule has 9 nitrogen and oxygen atoms in total. The molecule has 0 aromatic carbocycles. The van der Waals surface area contributed by atoms with Crippen LogP contribution in [-0.2, 0) is 38.0 Å². The van der Waals surface area contributed by atoms with E-state index < -0.39 is 75.9 Å². The largest absolute Gasteiger partial charge is 0.488 e. The molecule has 196 valence electrons. The Balaban J connectivity index is 5.23. The van der Waals surface area contributed by atoms with Crippen LogP contribution in [0.3, 0.4) is 0 Å². The molecule has 0 fully saturated rings. The zero-order chi connectivity index (χ0) is 26.1. The summed E-state index contributed by atoms with van der Waals surface area (Å²) in [5, 5.41) is 8.23. The van der Waals surface area contributed by atoms with Crippen molar-refractivity contribution in [3.8, 4) is 0 Å². The Labute approximate surface area is 175 Å². The fourth-order valence-corrected chi connectivity index (χ4v) is 1.50. The number of ether oxygens (including phenoxy) is 6. The van der Waals surface area contributed by atoms with E-state index in [4.69, 9.17) is 5.11 Å². The summed E-state index contributed by atoms with van der Waals surface area (Å²) in [6, 6.07) is 0. The predicted octanol–water partition coefficient (Wildman–Crippen LogP) is 2.59. The lowest BCUT2D eigenvalue weighted by molar-refractivity contribution is -0.470. The minimum Gasteiger partial charge on any atom is -0.480 e. The highest BCUT2D eigenvalue weighted by Crippen LogP contribution is 2.33. The normalized spacial score (nSPS) is 16.2. The monoisotopic (exact) mass is 522 g/mol. The first-order chi connectivity index (χ1) is 14.8. The number of carboxylic acids is 1. The van der Waals surface area contributed by atoms with Gasteiger partial charge < -0.3 is 24.1 Å². The van der Waals surface area contributed by atoms with Crippen molar-refractivity contribution >= 4 is 12.4 Å². The minimum atomic E-state index is -5.95. The lowest BCUT2D eigenvalue weighted by atomic mass is 10.3. The number of carbonyl (C=O) groups excluding carboxylic acids is 1. The molecule has 0 aliphatic rings. The number of hydrogen-bond acceptors (Lipinski definition) is 8. The number of halogens is 11. The van der Waals surface area contributed by atoms with E-state index >= 15 is 0 Å². The van der Waals surface area contributed by atoms with E-state index in [2.05, 4.69) is 28.4 Å². The van der Waals surface area contributed by atoms with Crippen LogP contribution in [-0.4, -0.2) is 87.5 Å². The average molecular weight is 522 g/mol. The molecule has 3 unspecified atom stereocenters. The molecule has 0 spiro atoms.